The van der Waals surface area contributed by atoms with Crippen molar-refractivity contribution in [2.24, 2.45) is 0 Å². The molecule has 1 aromatic carbocycles. The molecule has 0 amide bonds. The van der Waals surface area contributed by atoms with Crippen LogP contribution >= 0.6 is 0 Å². The zero-order valence-corrected chi connectivity index (χ0v) is 16.8. The highest BCUT2D eigenvalue weighted by Gasteiger charge is 2.39. The van der Waals surface area contributed by atoms with Crippen LogP contribution in [0, 0.1) is 0 Å². The molecule has 0 spiro atoms. The van der Waals surface area contributed by atoms with E-state index < -0.39 is 18.8 Å². The monoisotopic (exact) mass is 373 g/mol. The van der Waals surface area contributed by atoms with Crippen molar-refractivity contribution in [2.45, 2.75) is 60.4 Å². The van der Waals surface area contributed by atoms with Gasteiger partial charge in [0.2, 0.25) is 0 Å². The molecule has 1 aromatic rings. The first-order chi connectivity index (χ1) is 12.4. The van der Waals surface area contributed by atoms with Crippen LogP contribution in [0.1, 0.15) is 47.1 Å². The first-order valence-corrected chi connectivity index (χ1v) is 9.15. The molecule has 0 aliphatic carbocycles. The predicted molar refractivity (Wildman–Crippen MR) is 105 cm³/mol. The Bertz CT molecular complexity index is 496. The third-order valence-electron chi connectivity index (χ3n) is 3.22. The number of hydrogen-bond acceptors (Lipinski definition) is 2. The molecular weight excluding hydrogens is 339 g/mol. The Hall–Kier alpha value is -1.59. The van der Waals surface area contributed by atoms with Gasteiger partial charge < -0.3 is 5.11 Å². The molecule has 0 aliphatic rings. The van der Waals surface area contributed by atoms with Gasteiger partial charge in [-0.15, -0.1) is 0 Å². The first-order valence-electron chi connectivity index (χ1n) is 9.15. The van der Waals surface area contributed by atoms with Gasteiger partial charge in [-0.05, 0) is 25.0 Å². The van der Waals surface area contributed by atoms with Crippen molar-refractivity contribution in [3.05, 3.63) is 59.7 Å². The van der Waals surface area contributed by atoms with E-state index in [0.29, 0.717) is 13.1 Å². The maximum Gasteiger partial charge on any atom is 0.415 e. The molecule has 0 aromatic heterocycles. The van der Waals surface area contributed by atoms with Crippen molar-refractivity contribution in [1.82, 2.24) is 4.90 Å². The van der Waals surface area contributed by atoms with Gasteiger partial charge >= 0.3 is 6.18 Å². The Morgan fingerprint density at radius 1 is 1.08 bits per heavy atom. The van der Waals surface area contributed by atoms with E-state index in [2.05, 4.69) is 0 Å². The molecule has 5 heteroatoms. The van der Waals surface area contributed by atoms with Gasteiger partial charge in [-0.3, -0.25) is 4.90 Å². The maximum absolute atomic E-state index is 12.6. The van der Waals surface area contributed by atoms with E-state index in [1.165, 1.54) is 0 Å². The Balaban J connectivity index is 0. The molecule has 0 saturated carbocycles. The van der Waals surface area contributed by atoms with Crippen molar-refractivity contribution < 1.29 is 18.3 Å². The number of halogens is 3. The van der Waals surface area contributed by atoms with Crippen LogP contribution in [0.2, 0.25) is 0 Å². The molecule has 1 unspecified atom stereocenters. The van der Waals surface area contributed by atoms with Crippen LogP contribution in [0.4, 0.5) is 13.2 Å². The van der Waals surface area contributed by atoms with Crippen LogP contribution in [0.15, 0.2) is 54.1 Å². The van der Waals surface area contributed by atoms with Crippen LogP contribution in [0.5, 0.6) is 0 Å². The zero-order valence-electron chi connectivity index (χ0n) is 16.8. The van der Waals surface area contributed by atoms with Crippen LogP contribution in [-0.4, -0.2) is 35.4 Å². The fourth-order valence-electron chi connectivity index (χ4n) is 2.09. The Kier molecular flexibility index (Phi) is 16.0. The Morgan fingerprint density at radius 3 is 2.04 bits per heavy atom. The summed E-state index contributed by atoms with van der Waals surface area (Å²) < 4.78 is 37.8. The number of allylic oxidation sites excluding steroid dienone is 2. The lowest BCUT2D eigenvalue weighted by Crippen LogP contribution is -2.41. The molecule has 0 saturated heterocycles. The number of aliphatic hydroxyl groups excluding tert-OH is 1. The minimum atomic E-state index is -4.61. The lowest BCUT2D eigenvalue weighted by Gasteiger charge is -2.26. The second kappa shape index (κ2) is 15.6. The fraction of sp³-hybridized carbons (Fsp3) is 0.524. The molecule has 26 heavy (non-hydrogen) atoms. The summed E-state index contributed by atoms with van der Waals surface area (Å²) in [5.41, 5.74) is 1.82. The molecule has 0 radical (unpaired) electrons. The lowest BCUT2D eigenvalue weighted by atomic mass is 10.1. The van der Waals surface area contributed by atoms with Crippen LogP contribution in [-0.2, 0) is 6.54 Å². The summed E-state index contributed by atoms with van der Waals surface area (Å²) in [5.74, 6) is 0. The van der Waals surface area contributed by atoms with Crippen LogP contribution in [0.25, 0.3) is 0 Å². The number of hydrogen-bond donors (Lipinski definition) is 1. The summed E-state index contributed by atoms with van der Waals surface area (Å²) in [6.07, 6.45) is -1.39. The SMILES string of the molecule is C/C=C\C(=C/C)CN(Cc1ccccc1)CC(O)C(F)(F)F.CC.CC. The van der Waals surface area contributed by atoms with Gasteiger partial charge in [0.25, 0.3) is 0 Å². The molecule has 0 aliphatic heterocycles. The number of benzene rings is 1. The highest BCUT2D eigenvalue weighted by molar-refractivity contribution is 5.20. The van der Waals surface area contributed by atoms with Gasteiger partial charge in [0.1, 0.15) is 0 Å². The number of nitrogens with zero attached hydrogens (tertiary/aromatic N) is 1. The maximum atomic E-state index is 12.6. The summed E-state index contributed by atoms with van der Waals surface area (Å²) in [4.78, 5) is 1.60. The molecule has 0 heterocycles. The normalized spacial score (nSPS) is 13.0. The van der Waals surface area contributed by atoms with Crippen molar-refractivity contribution in [3.8, 4) is 0 Å². The number of aliphatic hydroxyl groups is 1. The van der Waals surface area contributed by atoms with Crippen LogP contribution in [0.3, 0.4) is 0 Å². The molecule has 1 atom stereocenters. The van der Waals surface area contributed by atoms with Gasteiger partial charge in [0.05, 0.1) is 0 Å². The molecule has 1 rings (SSSR count). The molecule has 150 valence electrons. The quantitative estimate of drug-likeness (QED) is 0.594. The molecule has 0 fully saturated rings. The van der Waals surface area contributed by atoms with Gasteiger partial charge in [0.15, 0.2) is 6.10 Å². The van der Waals surface area contributed by atoms with E-state index >= 15 is 0 Å². The average Bonchev–Trinajstić information content (AvgIpc) is 2.64. The van der Waals surface area contributed by atoms with Gasteiger partial charge in [-0.25, -0.2) is 0 Å². The summed E-state index contributed by atoms with van der Waals surface area (Å²) >= 11 is 0. The summed E-state index contributed by atoms with van der Waals surface area (Å²) in [5, 5.41) is 9.35. The van der Waals surface area contributed by atoms with E-state index in [1.54, 1.807) is 4.90 Å². The third kappa shape index (κ3) is 11.9. The topological polar surface area (TPSA) is 23.5 Å². The van der Waals surface area contributed by atoms with Crippen molar-refractivity contribution in [1.29, 1.82) is 0 Å². The first kappa shape index (κ1) is 26.6. The molecule has 1 N–H and O–H groups in total. The lowest BCUT2D eigenvalue weighted by molar-refractivity contribution is -0.208. The van der Waals surface area contributed by atoms with E-state index in [-0.39, 0.29) is 0 Å². The largest absolute Gasteiger partial charge is 0.415 e. The molecular formula is C21H34F3NO. The van der Waals surface area contributed by atoms with Crippen LogP contribution < -0.4 is 0 Å². The van der Waals surface area contributed by atoms with Crippen molar-refractivity contribution in [2.75, 3.05) is 13.1 Å². The van der Waals surface area contributed by atoms with Gasteiger partial charge in [-0.1, -0.05) is 76.3 Å². The van der Waals surface area contributed by atoms with E-state index in [1.807, 2.05) is 90.1 Å². The van der Waals surface area contributed by atoms with Crippen molar-refractivity contribution in [3.63, 3.8) is 0 Å². The minimum absolute atomic E-state index is 0.350. The minimum Gasteiger partial charge on any atom is -0.382 e. The zero-order chi connectivity index (χ0) is 20.6. The molecule has 2 nitrogen and oxygen atoms in total. The van der Waals surface area contributed by atoms with E-state index in [4.69, 9.17) is 0 Å². The molecule has 0 bridgehead atoms. The smallest absolute Gasteiger partial charge is 0.382 e. The van der Waals surface area contributed by atoms with E-state index in [9.17, 15) is 18.3 Å². The predicted octanol–water partition coefficient (Wildman–Crippen LogP) is 5.99. The van der Waals surface area contributed by atoms with Crippen molar-refractivity contribution >= 4 is 0 Å². The third-order valence-corrected chi connectivity index (χ3v) is 3.22. The second-order valence-electron chi connectivity index (χ2n) is 5.08. The Morgan fingerprint density at radius 2 is 1.62 bits per heavy atom. The summed E-state index contributed by atoms with van der Waals surface area (Å²) in [7, 11) is 0. The van der Waals surface area contributed by atoms with Gasteiger partial charge in [0, 0.05) is 19.6 Å². The second-order valence-corrected chi connectivity index (χ2v) is 5.08. The fourth-order valence-corrected chi connectivity index (χ4v) is 2.09. The van der Waals surface area contributed by atoms with Gasteiger partial charge in [-0.2, -0.15) is 13.2 Å². The average molecular weight is 374 g/mol. The Labute approximate surface area is 157 Å². The highest BCUT2D eigenvalue weighted by atomic mass is 19.4. The number of rotatable bonds is 7. The standard InChI is InChI=1S/C17H22F3NO.2C2H6/c1-3-8-14(4-2)11-21(13-16(22)17(18,19)20)12-15-9-6-5-7-10-15;2*1-2/h3-10,16,22H,11-13H2,1-2H3;2*1-2H3/b8-3-,14-4+;;. The summed E-state index contributed by atoms with van der Waals surface area (Å²) in [6, 6.07) is 9.26. The summed E-state index contributed by atoms with van der Waals surface area (Å²) in [6.45, 7) is 11.9. The highest BCUT2D eigenvalue weighted by Crippen LogP contribution is 2.22. The number of alkyl halides is 3. The van der Waals surface area contributed by atoms with E-state index in [0.717, 1.165) is 11.1 Å².